The van der Waals surface area contributed by atoms with Gasteiger partial charge in [0.25, 0.3) is 10.0 Å². The van der Waals surface area contributed by atoms with Crippen LogP contribution in [0.1, 0.15) is 24.0 Å². The zero-order valence-corrected chi connectivity index (χ0v) is 17.5. The molecule has 1 amide bonds. The minimum absolute atomic E-state index is 0.0138. The number of aromatic nitrogens is 4. The summed E-state index contributed by atoms with van der Waals surface area (Å²) in [6, 6.07) is 1.82. The molecule has 0 fully saturated rings. The summed E-state index contributed by atoms with van der Waals surface area (Å²) < 4.78 is 27.9. The summed E-state index contributed by atoms with van der Waals surface area (Å²) in [6.07, 6.45) is 0. The molecule has 0 atom stereocenters. The van der Waals surface area contributed by atoms with Crippen molar-refractivity contribution in [3.8, 4) is 0 Å². The number of halogens is 1. The first-order chi connectivity index (χ1) is 12.1. The molecule has 2 rings (SSSR count). The minimum atomic E-state index is -4.10. The summed E-state index contributed by atoms with van der Waals surface area (Å²) in [5, 5.41) is 4.41. The quantitative estimate of drug-likeness (QED) is 0.524. The van der Waals surface area contributed by atoms with Crippen molar-refractivity contribution in [3.05, 3.63) is 28.3 Å². The van der Waals surface area contributed by atoms with Gasteiger partial charge >= 0.3 is 0 Å². The molecule has 0 aliphatic heterocycles. The predicted octanol–water partition coefficient (Wildman–Crippen LogP) is 2.12. The van der Waals surface area contributed by atoms with Gasteiger partial charge in [0.05, 0.1) is 11.4 Å². The molecule has 0 N–H and O–H groups in total. The first-order valence-electron chi connectivity index (χ1n) is 7.77. The van der Waals surface area contributed by atoms with E-state index in [4.69, 9.17) is 11.6 Å². The van der Waals surface area contributed by atoms with Gasteiger partial charge in [-0.1, -0.05) is 23.4 Å². The van der Waals surface area contributed by atoms with Crippen molar-refractivity contribution in [1.29, 1.82) is 0 Å². The van der Waals surface area contributed by atoms with E-state index in [9.17, 15) is 13.2 Å². The average molecular weight is 418 g/mol. The van der Waals surface area contributed by atoms with Crippen LogP contribution in [0.2, 0.25) is 5.15 Å². The lowest BCUT2D eigenvalue weighted by molar-refractivity contribution is -0.123. The van der Waals surface area contributed by atoms with Crippen LogP contribution in [0, 0.1) is 20.8 Å². The van der Waals surface area contributed by atoms with Crippen molar-refractivity contribution in [2.75, 3.05) is 12.3 Å². The van der Waals surface area contributed by atoms with Crippen LogP contribution in [0.3, 0.4) is 0 Å². The van der Waals surface area contributed by atoms with Gasteiger partial charge < -0.3 is 0 Å². The third-order valence-electron chi connectivity index (χ3n) is 3.50. The third-order valence-corrected chi connectivity index (χ3v) is 6.92. The number of rotatable bonds is 6. The van der Waals surface area contributed by atoms with E-state index in [0.717, 1.165) is 27.5 Å². The lowest BCUT2D eigenvalue weighted by atomic mass is 10.4. The molecule has 142 valence electrons. The number of hydrogen-bond donors (Lipinski definition) is 0. The topological polar surface area (TPSA) is 98.1 Å². The lowest BCUT2D eigenvalue weighted by Crippen LogP contribution is -2.38. The van der Waals surface area contributed by atoms with Crippen LogP contribution >= 0.6 is 23.4 Å². The molecule has 2 heterocycles. The third kappa shape index (κ3) is 4.18. The van der Waals surface area contributed by atoms with Crippen molar-refractivity contribution < 1.29 is 13.2 Å². The fourth-order valence-electron chi connectivity index (χ4n) is 2.45. The highest BCUT2D eigenvalue weighted by Crippen LogP contribution is 2.28. The molecular weight excluding hydrogens is 398 g/mol. The predicted molar refractivity (Wildman–Crippen MR) is 99.8 cm³/mol. The molecule has 0 aliphatic rings. The van der Waals surface area contributed by atoms with Gasteiger partial charge in [-0.25, -0.2) is 22.7 Å². The Morgan fingerprint density at radius 1 is 1.27 bits per heavy atom. The number of thioether (sulfide) groups is 1. The van der Waals surface area contributed by atoms with E-state index in [1.165, 1.54) is 11.6 Å². The maximum Gasteiger partial charge on any atom is 0.271 e. The number of aryl methyl sites for hydroxylation is 4. The summed E-state index contributed by atoms with van der Waals surface area (Å²) in [5.41, 5.74) is 1.81. The van der Waals surface area contributed by atoms with Crippen molar-refractivity contribution in [2.24, 2.45) is 7.05 Å². The van der Waals surface area contributed by atoms with Crippen LogP contribution in [-0.2, 0) is 21.9 Å². The molecule has 0 unspecified atom stereocenters. The smallest absolute Gasteiger partial charge is 0.271 e. The van der Waals surface area contributed by atoms with Crippen molar-refractivity contribution >= 4 is 39.3 Å². The van der Waals surface area contributed by atoms with E-state index in [1.54, 1.807) is 14.0 Å². The molecule has 2 aromatic heterocycles. The van der Waals surface area contributed by atoms with Crippen LogP contribution in [0.5, 0.6) is 0 Å². The Kier molecular flexibility index (Phi) is 6.30. The van der Waals surface area contributed by atoms with E-state index in [2.05, 4.69) is 15.1 Å². The number of carbonyl (C=O) groups is 1. The summed E-state index contributed by atoms with van der Waals surface area (Å²) in [4.78, 5) is 20.9. The number of nitrogens with zero attached hydrogens (tertiary/aromatic N) is 5. The minimum Gasteiger partial charge on any atom is -0.273 e. The molecular formula is C15H20ClN5O3S2. The van der Waals surface area contributed by atoms with Gasteiger partial charge in [-0.2, -0.15) is 5.10 Å². The highest BCUT2D eigenvalue weighted by molar-refractivity contribution is 8.00. The SMILES string of the molecule is CCN(C(=O)CSc1nc(C)cc(C)n1)S(=O)(=O)c1c(C)nn(C)c1Cl. The molecule has 2 aromatic rings. The van der Waals surface area contributed by atoms with Crippen LogP contribution in [0.15, 0.2) is 16.1 Å². The zero-order chi connectivity index (χ0) is 19.6. The van der Waals surface area contributed by atoms with Gasteiger partial charge in [0.2, 0.25) is 5.91 Å². The standard InChI is InChI=1S/C15H20ClN5O3S2/c1-6-21(26(23,24)13-11(4)19-20(5)14(13)16)12(22)8-25-15-17-9(2)7-10(3)18-15/h7H,6,8H2,1-5H3. The van der Waals surface area contributed by atoms with Gasteiger partial charge in [-0.3, -0.25) is 9.48 Å². The van der Waals surface area contributed by atoms with Crippen molar-refractivity contribution in [1.82, 2.24) is 24.1 Å². The van der Waals surface area contributed by atoms with Gasteiger partial charge in [-0.05, 0) is 33.8 Å². The summed E-state index contributed by atoms with van der Waals surface area (Å²) in [6.45, 7) is 6.77. The Morgan fingerprint density at radius 2 is 1.85 bits per heavy atom. The fraction of sp³-hybridized carbons (Fsp3) is 0.467. The summed E-state index contributed by atoms with van der Waals surface area (Å²) in [7, 11) is -2.56. The normalized spacial score (nSPS) is 11.6. The molecule has 0 spiro atoms. The number of sulfonamides is 1. The van der Waals surface area contributed by atoms with E-state index in [0.29, 0.717) is 5.16 Å². The van der Waals surface area contributed by atoms with E-state index in [-0.39, 0.29) is 28.0 Å². The largest absolute Gasteiger partial charge is 0.273 e. The maximum absolute atomic E-state index is 12.9. The van der Waals surface area contributed by atoms with Crippen molar-refractivity contribution in [3.63, 3.8) is 0 Å². The number of amides is 1. The molecule has 0 saturated heterocycles. The van der Waals surface area contributed by atoms with Crippen LogP contribution in [-0.4, -0.2) is 50.7 Å². The summed E-state index contributed by atoms with van der Waals surface area (Å²) in [5.74, 6) is -0.674. The van der Waals surface area contributed by atoms with Crippen molar-refractivity contribution in [2.45, 2.75) is 37.7 Å². The molecule has 8 nitrogen and oxygen atoms in total. The fourth-order valence-corrected chi connectivity index (χ4v) is 5.48. The van der Waals surface area contributed by atoms with Crippen LogP contribution < -0.4 is 0 Å². The highest BCUT2D eigenvalue weighted by atomic mass is 35.5. The number of hydrogen-bond acceptors (Lipinski definition) is 7. The average Bonchev–Trinajstić information content (AvgIpc) is 2.77. The van der Waals surface area contributed by atoms with Gasteiger partial charge in [-0.15, -0.1) is 0 Å². The van der Waals surface area contributed by atoms with Gasteiger partial charge in [0.1, 0.15) is 10.0 Å². The molecule has 0 bridgehead atoms. The lowest BCUT2D eigenvalue weighted by Gasteiger charge is -2.20. The van der Waals surface area contributed by atoms with Gasteiger partial charge in [0, 0.05) is 25.0 Å². The first-order valence-corrected chi connectivity index (χ1v) is 10.6. The Bertz CT molecular complexity index is 923. The van der Waals surface area contributed by atoms with E-state index < -0.39 is 15.9 Å². The first kappa shape index (κ1) is 20.7. The number of carbonyl (C=O) groups excluding carboxylic acids is 1. The molecule has 26 heavy (non-hydrogen) atoms. The van der Waals surface area contributed by atoms with Crippen LogP contribution in [0.4, 0.5) is 0 Å². The van der Waals surface area contributed by atoms with E-state index >= 15 is 0 Å². The molecule has 0 saturated carbocycles. The second-order valence-corrected chi connectivity index (χ2v) is 8.71. The van der Waals surface area contributed by atoms with E-state index in [1.807, 2.05) is 19.9 Å². The van der Waals surface area contributed by atoms with Gasteiger partial charge in [0.15, 0.2) is 5.16 Å². The molecule has 0 aromatic carbocycles. The molecule has 11 heteroatoms. The Hall–Kier alpha value is -1.65. The summed E-state index contributed by atoms with van der Waals surface area (Å²) >= 11 is 7.16. The Balaban J connectivity index is 2.25. The highest BCUT2D eigenvalue weighted by Gasteiger charge is 2.33. The second kappa shape index (κ2) is 7.93. The zero-order valence-electron chi connectivity index (χ0n) is 15.1. The Labute approximate surface area is 162 Å². The van der Waals surface area contributed by atoms with Crippen LogP contribution in [0.25, 0.3) is 0 Å². The monoisotopic (exact) mass is 417 g/mol. The maximum atomic E-state index is 12.9. The second-order valence-electron chi connectivity index (χ2n) is 5.61. The molecule has 0 aliphatic carbocycles. The molecule has 0 radical (unpaired) electrons. The Morgan fingerprint density at radius 3 is 2.31 bits per heavy atom.